The Morgan fingerprint density at radius 2 is 1.52 bits per heavy atom. The lowest BCUT2D eigenvalue weighted by Crippen LogP contribution is -2.60. The van der Waals surface area contributed by atoms with Gasteiger partial charge in [0.2, 0.25) is 0 Å². The fourth-order valence-corrected chi connectivity index (χ4v) is 6.33. The Labute approximate surface area is 156 Å². The molecule has 0 heterocycles. The molecule has 4 rings (SSSR count). The van der Waals surface area contributed by atoms with Crippen molar-refractivity contribution < 1.29 is 9.84 Å². The van der Waals surface area contributed by atoms with Crippen LogP contribution >= 0.6 is 0 Å². The molecule has 0 aromatic rings. The zero-order valence-electron chi connectivity index (χ0n) is 17.9. The van der Waals surface area contributed by atoms with Crippen molar-refractivity contribution >= 4 is 0 Å². The van der Waals surface area contributed by atoms with Crippen molar-refractivity contribution in [3.8, 4) is 0 Å². The van der Waals surface area contributed by atoms with Crippen LogP contribution in [0.3, 0.4) is 0 Å². The molecule has 25 heavy (non-hydrogen) atoms. The van der Waals surface area contributed by atoms with E-state index in [1.54, 1.807) is 0 Å². The summed E-state index contributed by atoms with van der Waals surface area (Å²) in [6, 6.07) is 0. The molecule has 146 valence electrons. The zero-order valence-corrected chi connectivity index (χ0v) is 17.9. The Kier molecular flexibility index (Phi) is 4.69. The lowest BCUT2D eigenvalue weighted by molar-refractivity contribution is -0.235. The summed E-state index contributed by atoms with van der Waals surface area (Å²) < 4.78 is 6.83. The highest BCUT2D eigenvalue weighted by atomic mass is 16.5. The van der Waals surface area contributed by atoms with Gasteiger partial charge >= 0.3 is 0 Å². The quantitative estimate of drug-likeness (QED) is 0.640. The van der Waals surface area contributed by atoms with Crippen molar-refractivity contribution in [3.05, 3.63) is 0 Å². The van der Waals surface area contributed by atoms with Gasteiger partial charge in [-0.3, -0.25) is 0 Å². The monoisotopic (exact) mass is 350 g/mol. The largest absolute Gasteiger partial charge is 0.390 e. The van der Waals surface area contributed by atoms with Crippen LogP contribution in [0.25, 0.3) is 0 Å². The summed E-state index contributed by atoms with van der Waals surface area (Å²) in [7, 11) is 0. The van der Waals surface area contributed by atoms with Crippen LogP contribution in [0, 0.1) is 28.1 Å². The first-order chi connectivity index (χ1) is 11.3. The van der Waals surface area contributed by atoms with Crippen LogP contribution in [0.5, 0.6) is 0 Å². The molecule has 2 nitrogen and oxygen atoms in total. The van der Waals surface area contributed by atoms with Crippen LogP contribution in [0.1, 0.15) is 99.8 Å². The molecule has 4 aliphatic carbocycles. The van der Waals surface area contributed by atoms with E-state index in [1.807, 2.05) is 0 Å². The molecule has 4 saturated carbocycles. The molecule has 1 N–H and O–H groups in total. The van der Waals surface area contributed by atoms with Gasteiger partial charge in [0.05, 0.1) is 17.8 Å². The van der Waals surface area contributed by atoms with Crippen LogP contribution in [-0.2, 0) is 4.74 Å². The average Bonchev–Trinajstić information content (AvgIpc) is 2.41. The Bertz CT molecular complexity index is 487. The number of hydrogen-bond donors (Lipinski definition) is 1. The lowest BCUT2D eigenvalue weighted by atomic mass is 9.52. The minimum absolute atomic E-state index is 0.0400. The first kappa shape index (κ1) is 19.7. The van der Waals surface area contributed by atoms with Crippen LogP contribution in [0.2, 0.25) is 0 Å². The molecular formula is C23H42O2. The molecule has 4 bridgehead atoms. The predicted molar refractivity (Wildman–Crippen MR) is 105 cm³/mol. The van der Waals surface area contributed by atoms with E-state index >= 15 is 0 Å². The van der Waals surface area contributed by atoms with Crippen LogP contribution < -0.4 is 0 Å². The van der Waals surface area contributed by atoms with Gasteiger partial charge in [0.25, 0.3) is 0 Å². The summed E-state index contributed by atoms with van der Waals surface area (Å²) in [6.45, 7) is 17.5. The summed E-state index contributed by atoms with van der Waals surface area (Å²) in [5.74, 6) is 1.39. The van der Waals surface area contributed by atoms with E-state index in [4.69, 9.17) is 4.74 Å². The first-order valence-electron chi connectivity index (χ1n) is 10.7. The van der Waals surface area contributed by atoms with E-state index in [1.165, 1.54) is 32.1 Å². The van der Waals surface area contributed by atoms with Gasteiger partial charge in [-0.2, -0.15) is 0 Å². The molecule has 4 fully saturated rings. The van der Waals surface area contributed by atoms with E-state index in [9.17, 15) is 5.11 Å². The fraction of sp³-hybridized carbons (Fsp3) is 1.00. The zero-order chi connectivity index (χ0) is 18.7. The minimum Gasteiger partial charge on any atom is -0.390 e. The van der Waals surface area contributed by atoms with E-state index in [-0.39, 0.29) is 16.4 Å². The smallest absolute Gasteiger partial charge is 0.0715 e. The van der Waals surface area contributed by atoms with Crippen molar-refractivity contribution in [2.45, 2.75) is 111 Å². The molecule has 0 aromatic carbocycles. The second kappa shape index (κ2) is 5.96. The van der Waals surface area contributed by atoms with Crippen LogP contribution in [0.15, 0.2) is 0 Å². The minimum atomic E-state index is -0.426. The third kappa shape index (κ3) is 3.81. The molecule has 4 aliphatic rings. The van der Waals surface area contributed by atoms with Gasteiger partial charge < -0.3 is 9.84 Å². The summed E-state index contributed by atoms with van der Waals surface area (Å²) in [5.41, 5.74) is 0.231. The maximum absolute atomic E-state index is 11.0. The highest BCUT2D eigenvalue weighted by molar-refractivity contribution is 5.10. The van der Waals surface area contributed by atoms with Crippen molar-refractivity contribution in [1.82, 2.24) is 0 Å². The number of aliphatic hydroxyl groups is 1. The Hall–Kier alpha value is -0.0800. The third-order valence-electron chi connectivity index (χ3n) is 8.31. The number of ether oxygens (including phenoxy) is 1. The highest BCUT2D eigenvalue weighted by Gasteiger charge is 2.58. The summed E-state index contributed by atoms with van der Waals surface area (Å²) in [4.78, 5) is 0. The van der Waals surface area contributed by atoms with Crippen molar-refractivity contribution in [1.29, 1.82) is 0 Å². The van der Waals surface area contributed by atoms with Crippen LogP contribution in [-0.4, -0.2) is 22.9 Å². The molecule has 0 radical (unpaired) electrons. The number of rotatable bonds is 6. The van der Waals surface area contributed by atoms with Gasteiger partial charge in [0.1, 0.15) is 0 Å². The van der Waals surface area contributed by atoms with Gasteiger partial charge in [0.15, 0.2) is 0 Å². The maximum atomic E-state index is 11.0. The Morgan fingerprint density at radius 1 is 0.960 bits per heavy atom. The second-order valence-electron chi connectivity index (χ2n) is 12.2. The molecule has 3 atom stereocenters. The SMILES string of the molecule is CCC(C)(C)CC(C)(COC12CC3CC(CC(O)(C3)C1)C2)C(C)(C)C. The van der Waals surface area contributed by atoms with E-state index in [0.717, 1.165) is 25.9 Å². The van der Waals surface area contributed by atoms with Gasteiger partial charge in [-0.05, 0) is 66.6 Å². The normalized spacial score (nSPS) is 40.3. The molecule has 0 spiro atoms. The standard InChI is InChI=1S/C23H42O2/c1-8-20(5,6)14-21(7,19(2,3)4)16-25-23-12-17-9-18(13-23)11-22(24,10-17)15-23/h17-18,24H,8-16H2,1-7H3. The van der Waals surface area contributed by atoms with E-state index in [0.29, 0.717) is 17.3 Å². The van der Waals surface area contributed by atoms with Crippen molar-refractivity contribution in [3.63, 3.8) is 0 Å². The van der Waals surface area contributed by atoms with E-state index < -0.39 is 5.60 Å². The molecule has 0 amide bonds. The van der Waals surface area contributed by atoms with Gasteiger partial charge in [-0.25, -0.2) is 0 Å². The predicted octanol–water partition coefficient (Wildman–Crippen LogP) is 5.97. The molecule has 0 aromatic heterocycles. The summed E-state index contributed by atoms with van der Waals surface area (Å²) in [6.07, 6.45) is 9.01. The topological polar surface area (TPSA) is 29.5 Å². The molecule has 0 aliphatic heterocycles. The van der Waals surface area contributed by atoms with Gasteiger partial charge in [-0.1, -0.05) is 54.9 Å². The van der Waals surface area contributed by atoms with Crippen molar-refractivity contribution in [2.75, 3.05) is 6.61 Å². The summed E-state index contributed by atoms with van der Waals surface area (Å²) in [5, 5.41) is 11.0. The van der Waals surface area contributed by atoms with Gasteiger partial charge in [-0.15, -0.1) is 0 Å². The molecular weight excluding hydrogens is 308 g/mol. The Balaban J connectivity index is 1.75. The molecule has 2 heteroatoms. The van der Waals surface area contributed by atoms with Crippen molar-refractivity contribution in [2.24, 2.45) is 28.1 Å². The number of hydrogen-bond acceptors (Lipinski definition) is 2. The highest BCUT2D eigenvalue weighted by Crippen LogP contribution is 2.59. The van der Waals surface area contributed by atoms with Crippen LogP contribution in [0.4, 0.5) is 0 Å². The molecule has 3 unspecified atom stereocenters. The lowest BCUT2D eigenvalue weighted by Gasteiger charge is -2.60. The second-order valence-corrected chi connectivity index (χ2v) is 12.2. The summed E-state index contributed by atoms with van der Waals surface area (Å²) >= 11 is 0. The maximum Gasteiger partial charge on any atom is 0.0715 e. The average molecular weight is 351 g/mol. The van der Waals surface area contributed by atoms with E-state index in [2.05, 4.69) is 48.5 Å². The van der Waals surface area contributed by atoms with Gasteiger partial charge in [0, 0.05) is 6.42 Å². The molecule has 0 saturated heterocycles. The first-order valence-corrected chi connectivity index (χ1v) is 10.7. The Morgan fingerprint density at radius 3 is 1.96 bits per heavy atom. The third-order valence-corrected chi connectivity index (χ3v) is 8.31. The fourth-order valence-electron chi connectivity index (χ4n) is 6.33.